The molecule has 4 nitrogen and oxygen atoms in total. The van der Waals surface area contributed by atoms with Crippen molar-refractivity contribution in [1.82, 2.24) is 4.98 Å². The maximum atomic E-state index is 12.4. The van der Waals surface area contributed by atoms with Crippen molar-refractivity contribution in [2.45, 2.75) is 12.8 Å². The molecule has 2 heterocycles. The van der Waals surface area contributed by atoms with Crippen molar-refractivity contribution in [2.75, 3.05) is 18.5 Å². The predicted octanol–water partition coefficient (Wildman–Crippen LogP) is 4.02. The second kappa shape index (κ2) is 5.18. The molecule has 22 heavy (non-hydrogen) atoms. The molecular weight excluding hydrogens is 368 g/mol. The van der Waals surface area contributed by atoms with Gasteiger partial charge in [-0.3, -0.25) is 4.79 Å². The number of ether oxygens (including phenoxy) is 1. The summed E-state index contributed by atoms with van der Waals surface area (Å²) < 4.78 is 6.25. The monoisotopic (exact) mass is 380 g/mol. The van der Waals surface area contributed by atoms with Gasteiger partial charge in [-0.2, -0.15) is 0 Å². The molecule has 1 N–H and O–H groups in total. The number of carbonyl (C=O) groups excluding carboxylic acids is 1. The van der Waals surface area contributed by atoms with Crippen LogP contribution in [0.25, 0.3) is 10.8 Å². The molecule has 1 saturated heterocycles. The number of nitrogens with one attached hydrogen (secondary N) is 1. The van der Waals surface area contributed by atoms with Crippen LogP contribution in [0.1, 0.15) is 12.8 Å². The smallest absolute Gasteiger partial charge is 0.229 e. The lowest BCUT2D eigenvalue weighted by atomic mass is 10.0. The summed E-state index contributed by atoms with van der Waals surface area (Å²) in [6.45, 7) is 1.48. The van der Waals surface area contributed by atoms with Crippen LogP contribution in [0.2, 0.25) is 5.02 Å². The number of fused-ring (bicyclic) bond motifs is 1. The molecule has 0 bridgehead atoms. The Kier molecular flexibility index (Phi) is 3.40. The van der Waals surface area contributed by atoms with E-state index >= 15 is 0 Å². The van der Waals surface area contributed by atoms with Gasteiger partial charge in [0, 0.05) is 34.0 Å². The lowest BCUT2D eigenvalue weighted by molar-refractivity contribution is -0.118. The van der Waals surface area contributed by atoms with E-state index in [4.69, 9.17) is 16.3 Å². The van der Waals surface area contributed by atoms with Gasteiger partial charge in [-0.25, -0.2) is 4.98 Å². The van der Waals surface area contributed by atoms with Gasteiger partial charge in [0.25, 0.3) is 0 Å². The average Bonchev–Trinajstić information content (AvgIpc) is 2.98. The van der Waals surface area contributed by atoms with Gasteiger partial charge in [0.05, 0.1) is 11.6 Å². The number of carbonyl (C=O) groups is 1. The van der Waals surface area contributed by atoms with Crippen molar-refractivity contribution in [3.63, 3.8) is 0 Å². The zero-order chi connectivity index (χ0) is 15.3. The number of halogens is 2. The largest absolute Gasteiger partial charge is 0.381 e. The molecule has 1 aliphatic heterocycles. The van der Waals surface area contributed by atoms with Gasteiger partial charge in [0.1, 0.15) is 5.82 Å². The lowest BCUT2D eigenvalue weighted by Gasteiger charge is -2.08. The maximum Gasteiger partial charge on any atom is 0.229 e. The Morgan fingerprint density at radius 3 is 3.05 bits per heavy atom. The fourth-order valence-electron chi connectivity index (χ4n) is 3.20. The van der Waals surface area contributed by atoms with Gasteiger partial charge in [0.15, 0.2) is 0 Å². The number of anilines is 1. The van der Waals surface area contributed by atoms with Gasteiger partial charge >= 0.3 is 0 Å². The zero-order valence-corrected chi connectivity index (χ0v) is 14.1. The molecule has 2 aliphatic rings. The van der Waals surface area contributed by atoms with Crippen molar-refractivity contribution >= 4 is 50.0 Å². The van der Waals surface area contributed by atoms with E-state index in [1.807, 2.05) is 18.2 Å². The van der Waals surface area contributed by atoms with E-state index in [1.54, 1.807) is 6.20 Å². The Morgan fingerprint density at radius 1 is 1.41 bits per heavy atom. The third kappa shape index (κ3) is 2.41. The van der Waals surface area contributed by atoms with E-state index in [0.717, 1.165) is 34.7 Å². The summed E-state index contributed by atoms with van der Waals surface area (Å²) in [6.07, 6.45) is 3.64. The van der Waals surface area contributed by atoms with Crippen LogP contribution in [0.5, 0.6) is 0 Å². The Hall–Kier alpha value is -1.17. The molecule has 1 aliphatic carbocycles. The molecule has 1 spiro atoms. The van der Waals surface area contributed by atoms with Crippen molar-refractivity contribution in [2.24, 2.45) is 11.3 Å². The molecule has 1 aromatic carbocycles. The molecule has 4 rings (SSSR count). The number of aromatic nitrogens is 1. The number of hydrogen-bond acceptors (Lipinski definition) is 3. The highest BCUT2D eigenvalue weighted by molar-refractivity contribution is 9.10. The number of rotatable bonds is 2. The first-order valence-corrected chi connectivity index (χ1v) is 8.38. The van der Waals surface area contributed by atoms with Crippen molar-refractivity contribution in [1.29, 1.82) is 0 Å². The topological polar surface area (TPSA) is 51.2 Å². The molecule has 1 saturated carbocycles. The Balaban J connectivity index is 1.54. The standard InChI is InChI=1S/C16H14BrClN2O2/c17-12-3-9-5-14(19-7-10(9)4-13(12)18)20-15(21)11-6-16(11)1-2-22-8-16/h3-5,7,11H,1-2,6,8H2,(H,19,20,21)/t11-,16+/m0/s1. The number of nitrogens with zero attached hydrogens (tertiary/aromatic N) is 1. The summed E-state index contributed by atoms with van der Waals surface area (Å²) >= 11 is 9.49. The first-order chi connectivity index (χ1) is 10.6. The van der Waals surface area contributed by atoms with E-state index in [1.165, 1.54) is 0 Å². The number of pyridine rings is 1. The molecular formula is C16H14BrClN2O2. The fourth-order valence-corrected chi connectivity index (χ4v) is 3.73. The quantitative estimate of drug-likeness (QED) is 0.855. The molecule has 2 fully saturated rings. The van der Waals surface area contributed by atoms with E-state index in [0.29, 0.717) is 17.4 Å². The third-order valence-electron chi connectivity index (χ3n) is 4.65. The number of amides is 1. The minimum atomic E-state index is 0.0466. The van der Waals surface area contributed by atoms with Crippen LogP contribution in [0, 0.1) is 11.3 Å². The molecule has 2 atom stereocenters. The van der Waals surface area contributed by atoms with Crippen LogP contribution >= 0.6 is 27.5 Å². The van der Waals surface area contributed by atoms with Crippen LogP contribution in [0.3, 0.4) is 0 Å². The Labute approximate surface area is 141 Å². The van der Waals surface area contributed by atoms with E-state index in [9.17, 15) is 4.79 Å². The van der Waals surface area contributed by atoms with Crippen LogP contribution in [-0.4, -0.2) is 24.1 Å². The molecule has 0 unspecified atom stereocenters. The van der Waals surface area contributed by atoms with Gasteiger partial charge in [-0.1, -0.05) is 11.6 Å². The summed E-state index contributed by atoms with van der Waals surface area (Å²) in [7, 11) is 0. The third-order valence-corrected chi connectivity index (χ3v) is 5.85. The summed E-state index contributed by atoms with van der Waals surface area (Å²) in [4.78, 5) is 16.7. The molecule has 114 valence electrons. The lowest BCUT2D eigenvalue weighted by Crippen LogP contribution is -2.19. The van der Waals surface area contributed by atoms with Crippen LogP contribution in [-0.2, 0) is 9.53 Å². The minimum absolute atomic E-state index is 0.0466. The Bertz CT molecular complexity index is 774. The molecule has 0 radical (unpaired) electrons. The highest BCUT2D eigenvalue weighted by Gasteiger charge is 2.59. The molecule has 2 aromatic rings. The first-order valence-electron chi connectivity index (χ1n) is 7.21. The van der Waals surface area contributed by atoms with E-state index < -0.39 is 0 Å². The van der Waals surface area contributed by atoms with Crippen LogP contribution < -0.4 is 5.32 Å². The Morgan fingerprint density at radius 2 is 2.27 bits per heavy atom. The minimum Gasteiger partial charge on any atom is -0.381 e. The predicted molar refractivity (Wildman–Crippen MR) is 89.1 cm³/mol. The summed E-state index contributed by atoms with van der Waals surface area (Å²) in [6, 6.07) is 5.65. The van der Waals surface area contributed by atoms with Gasteiger partial charge in [0.2, 0.25) is 5.91 Å². The molecule has 1 aromatic heterocycles. The van der Waals surface area contributed by atoms with Crippen LogP contribution in [0.15, 0.2) is 28.9 Å². The normalized spacial score (nSPS) is 26.5. The van der Waals surface area contributed by atoms with Gasteiger partial charge < -0.3 is 10.1 Å². The van der Waals surface area contributed by atoms with Gasteiger partial charge in [-0.15, -0.1) is 0 Å². The summed E-state index contributed by atoms with van der Waals surface area (Å²) in [5.41, 5.74) is 0.0947. The molecule has 1 amide bonds. The van der Waals surface area contributed by atoms with Crippen molar-refractivity contribution < 1.29 is 9.53 Å². The molecule has 6 heteroatoms. The summed E-state index contributed by atoms with van der Waals surface area (Å²) in [5, 5.41) is 5.50. The van der Waals surface area contributed by atoms with Gasteiger partial charge in [-0.05, 0) is 52.4 Å². The van der Waals surface area contributed by atoms with Crippen LogP contribution in [0.4, 0.5) is 5.82 Å². The van der Waals surface area contributed by atoms with E-state index in [-0.39, 0.29) is 17.2 Å². The number of hydrogen-bond donors (Lipinski definition) is 1. The average molecular weight is 382 g/mol. The highest BCUT2D eigenvalue weighted by atomic mass is 79.9. The fraction of sp³-hybridized carbons (Fsp3) is 0.375. The van der Waals surface area contributed by atoms with Crippen molar-refractivity contribution in [3.8, 4) is 0 Å². The first kappa shape index (κ1) is 14.4. The highest BCUT2D eigenvalue weighted by Crippen LogP contribution is 2.58. The van der Waals surface area contributed by atoms with E-state index in [2.05, 4.69) is 26.2 Å². The second-order valence-electron chi connectivity index (χ2n) is 6.09. The maximum absolute atomic E-state index is 12.4. The second-order valence-corrected chi connectivity index (χ2v) is 7.36. The van der Waals surface area contributed by atoms with Crippen molar-refractivity contribution in [3.05, 3.63) is 33.9 Å². The SMILES string of the molecule is O=C(Nc1cc2cc(Br)c(Cl)cc2cn1)[C@@H]1C[C@@]12CCOC2. The summed E-state index contributed by atoms with van der Waals surface area (Å²) in [5.74, 6) is 0.683. The number of benzene rings is 1. The zero-order valence-electron chi connectivity index (χ0n) is 11.7.